The zero-order valence-corrected chi connectivity index (χ0v) is 11.8. The second kappa shape index (κ2) is 6.09. The lowest BCUT2D eigenvalue weighted by molar-refractivity contribution is 0.107. The maximum atomic E-state index is 10.2. The second-order valence-corrected chi connectivity index (χ2v) is 5.01. The molecular formula is C16H17ClO2. The largest absolute Gasteiger partial charge is 0.490 e. The molecule has 0 saturated heterocycles. The number of benzene rings is 2. The number of ether oxygens (including phenoxy) is 1. The van der Waals surface area contributed by atoms with Gasteiger partial charge in [0, 0.05) is 5.02 Å². The Morgan fingerprint density at radius 3 is 2.63 bits per heavy atom. The Bertz CT molecular complexity index is 566. The van der Waals surface area contributed by atoms with Crippen molar-refractivity contribution >= 4 is 11.6 Å². The highest BCUT2D eigenvalue weighted by molar-refractivity contribution is 6.30. The van der Waals surface area contributed by atoms with Crippen LogP contribution in [0.5, 0.6) is 5.75 Å². The van der Waals surface area contributed by atoms with E-state index in [1.807, 2.05) is 44.2 Å². The summed E-state index contributed by atoms with van der Waals surface area (Å²) in [4.78, 5) is 0. The monoisotopic (exact) mass is 276 g/mol. The standard InChI is InChI=1S/C16H17ClO2/c1-11-5-3-8-15(12(11)2)16(18)10-19-14-7-4-6-13(17)9-14/h3-9,16,18H,10H2,1-2H3. The molecule has 0 bridgehead atoms. The topological polar surface area (TPSA) is 29.5 Å². The van der Waals surface area contributed by atoms with Gasteiger partial charge in [0.2, 0.25) is 0 Å². The highest BCUT2D eigenvalue weighted by Crippen LogP contribution is 2.23. The third kappa shape index (κ3) is 3.49. The van der Waals surface area contributed by atoms with Gasteiger partial charge in [0.05, 0.1) is 0 Å². The fraction of sp³-hybridized carbons (Fsp3) is 0.250. The minimum absolute atomic E-state index is 0.213. The summed E-state index contributed by atoms with van der Waals surface area (Å²) in [6.07, 6.45) is -0.640. The number of hydrogen-bond donors (Lipinski definition) is 1. The first kappa shape index (κ1) is 13.9. The molecule has 1 unspecified atom stereocenters. The quantitative estimate of drug-likeness (QED) is 0.912. The predicted octanol–water partition coefficient (Wildman–Crippen LogP) is 4.07. The van der Waals surface area contributed by atoms with E-state index in [9.17, 15) is 5.11 Å². The van der Waals surface area contributed by atoms with Crippen molar-refractivity contribution in [1.29, 1.82) is 0 Å². The van der Waals surface area contributed by atoms with Crippen molar-refractivity contribution in [2.75, 3.05) is 6.61 Å². The summed E-state index contributed by atoms with van der Waals surface area (Å²) in [7, 11) is 0. The second-order valence-electron chi connectivity index (χ2n) is 4.57. The Morgan fingerprint density at radius 1 is 1.16 bits per heavy atom. The molecule has 3 heteroatoms. The summed E-state index contributed by atoms with van der Waals surface area (Å²) in [5.74, 6) is 0.664. The van der Waals surface area contributed by atoms with E-state index in [1.165, 1.54) is 5.56 Å². The van der Waals surface area contributed by atoms with Gasteiger partial charge < -0.3 is 9.84 Å². The van der Waals surface area contributed by atoms with E-state index in [0.717, 1.165) is 11.1 Å². The first-order chi connectivity index (χ1) is 9.08. The number of aryl methyl sites for hydroxylation is 1. The summed E-state index contributed by atoms with van der Waals surface area (Å²) in [5, 5.41) is 10.8. The number of aliphatic hydroxyl groups is 1. The van der Waals surface area contributed by atoms with Crippen LogP contribution in [0.15, 0.2) is 42.5 Å². The Kier molecular flexibility index (Phi) is 4.46. The predicted molar refractivity (Wildman–Crippen MR) is 77.8 cm³/mol. The van der Waals surface area contributed by atoms with Crippen LogP contribution in [0.2, 0.25) is 5.02 Å². The van der Waals surface area contributed by atoms with Crippen molar-refractivity contribution in [2.24, 2.45) is 0 Å². The SMILES string of the molecule is Cc1cccc(C(O)COc2cccc(Cl)c2)c1C. The van der Waals surface area contributed by atoms with Gasteiger partial charge in [-0.25, -0.2) is 0 Å². The molecule has 0 spiro atoms. The molecular weight excluding hydrogens is 260 g/mol. The van der Waals surface area contributed by atoms with E-state index in [2.05, 4.69) is 0 Å². The molecule has 2 aromatic rings. The van der Waals surface area contributed by atoms with Crippen molar-refractivity contribution < 1.29 is 9.84 Å². The molecule has 19 heavy (non-hydrogen) atoms. The summed E-state index contributed by atoms with van der Waals surface area (Å²) < 4.78 is 5.56. The molecule has 0 aliphatic heterocycles. The van der Waals surface area contributed by atoms with E-state index in [0.29, 0.717) is 10.8 Å². The zero-order valence-electron chi connectivity index (χ0n) is 11.1. The van der Waals surface area contributed by atoms with Crippen molar-refractivity contribution in [3.05, 3.63) is 64.2 Å². The van der Waals surface area contributed by atoms with Crippen molar-refractivity contribution in [3.8, 4) is 5.75 Å². The number of hydrogen-bond acceptors (Lipinski definition) is 2. The van der Waals surface area contributed by atoms with Crippen LogP contribution in [-0.4, -0.2) is 11.7 Å². The van der Waals surface area contributed by atoms with Crippen molar-refractivity contribution in [2.45, 2.75) is 20.0 Å². The van der Waals surface area contributed by atoms with Crippen LogP contribution >= 0.6 is 11.6 Å². The van der Waals surface area contributed by atoms with Crippen LogP contribution in [0.4, 0.5) is 0 Å². The van der Waals surface area contributed by atoms with Gasteiger partial charge in [0.25, 0.3) is 0 Å². The van der Waals surface area contributed by atoms with Gasteiger partial charge in [0.15, 0.2) is 0 Å². The molecule has 0 aliphatic rings. The molecule has 2 aromatic carbocycles. The molecule has 0 radical (unpaired) electrons. The molecule has 0 heterocycles. The van der Waals surface area contributed by atoms with Gasteiger partial charge in [-0.05, 0) is 48.7 Å². The fourth-order valence-corrected chi connectivity index (χ4v) is 2.14. The van der Waals surface area contributed by atoms with Crippen LogP contribution in [0.1, 0.15) is 22.8 Å². The van der Waals surface area contributed by atoms with Gasteiger partial charge in [-0.1, -0.05) is 35.9 Å². The molecule has 100 valence electrons. The molecule has 2 rings (SSSR count). The van der Waals surface area contributed by atoms with E-state index in [-0.39, 0.29) is 6.61 Å². The maximum Gasteiger partial charge on any atom is 0.120 e. The third-order valence-electron chi connectivity index (χ3n) is 3.21. The van der Waals surface area contributed by atoms with Gasteiger partial charge in [0.1, 0.15) is 18.5 Å². The van der Waals surface area contributed by atoms with Gasteiger partial charge in [-0.15, -0.1) is 0 Å². The molecule has 2 nitrogen and oxygen atoms in total. The Hall–Kier alpha value is -1.51. The highest BCUT2D eigenvalue weighted by atomic mass is 35.5. The Morgan fingerprint density at radius 2 is 1.89 bits per heavy atom. The average molecular weight is 277 g/mol. The lowest BCUT2D eigenvalue weighted by Crippen LogP contribution is -2.11. The van der Waals surface area contributed by atoms with Crippen LogP contribution in [0, 0.1) is 13.8 Å². The maximum absolute atomic E-state index is 10.2. The van der Waals surface area contributed by atoms with E-state index >= 15 is 0 Å². The van der Waals surface area contributed by atoms with Gasteiger partial charge >= 0.3 is 0 Å². The first-order valence-corrected chi connectivity index (χ1v) is 6.58. The molecule has 1 atom stereocenters. The Balaban J connectivity index is 2.05. The van der Waals surface area contributed by atoms with Crippen molar-refractivity contribution in [1.82, 2.24) is 0 Å². The van der Waals surface area contributed by atoms with Crippen molar-refractivity contribution in [3.63, 3.8) is 0 Å². The molecule has 0 fully saturated rings. The minimum Gasteiger partial charge on any atom is -0.490 e. The summed E-state index contributed by atoms with van der Waals surface area (Å²) in [5.41, 5.74) is 3.17. The average Bonchev–Trinajstić information content (AvgIpc) is 2.39. The molecule has 0 aliphatic carbocycles. The minimum atomic E-state index is -0.640. The lowest BCUT2D eigenvalue weighted by atomic mass is 10.00. The normalized spacial score (nSPS) is 12.2. The fourth-order valence-electron chi connectivity index (χ4n) is 1.96. The number of halogens is 1. The van der Waals surface area contributed by atoms with E-state index in [1.54, 1.807) is 12.1 Å². The van der Waals surface area contributed by atoms with Crippen LogP contribution in [0.25, 0.3) is 0 Å². The molecule has 0 saturated carbocycles. The lowest BCUT2D eigenvalue weighted by Gasteiger charge is -2.16. The Labute approximate surface area is 118 Å². The summed E-state index contributed by atoms with van der Waals surface area (Å²) >= 11 is 5.88. The summed E-state index contributed by atoms with van der Waals surface area (Å²) in [6, 6.07) is 13.1. The van der Waals surface area contributed by atoms with Crippen LogP contribution in [0.3, 0.4) is 0 Å². The molecule has 1 N–H and O–H groups in total. The smallest absolute Gasteiger partial charge is 0.120 e. The number of rotatable bonds is 4. The zero-order chi connectivity index (χ0) is 13.8. The van der Waals surface area contributed by atoms with E-state index < -0.39 is 6.10 Å². The van der Waals surface area contributed by atoms with Gasteiger partial charge in [-0.2, -0.15) is 0 Å². The van der Waals surface area contributed by atoms with Gasteiger partial charge in [-0.3, -0.25) is 0 Å². The number of aliphatic hydroxyl groups excluding tert-OH is 1. The van der Waals surface area contributed by atoms with E-state index in [4.69, 9.17) is 16.3 Å². The summed E-state index contributed by atoms with van der Waals surface area (Å²) in [6.45, 7) is 4.25. The first-order valence-electron chi connectivity index (χ1n) is 6.20. The highest BCUT2D eigenvalue weighted by Gasteiger charge is 2.12. The molecule has 0 aromatic heterocycles. The van der Waals surface area contributed by atoms with Crippen LogP contribution < -0.4 is 4.74 Å². The third-order valence-corrected chi connectivity index (χ3v) is 3.44. The molecule has 0 amide bonds. The van der Waals surface area contributed by atoms with Crippen LogP contribution in [-0.2, 0) is 0 Å².